The van der Waals surface area contributed by atoms with Crippen LogP contribution in [0, 0.1) is 77.3 Å². The number of rotatable bonds is 4. The van der Waals surface area contributed by atoms with E-state index < -0.39 is 0 Å². The summed E-state index contributed by atoms with van der Waals surface area (Å²) in [7, 11) is 10.1. The van der Waals surface area contributed by atoms with Crippen LogP contribution in [0.2, 0.25) is 0 Å². The molecule has 0 unspecified atom stereocenters. The number of carbonyl (C=O) groups excluding carboxylic acids is 2. The Balaban J connectivity index is -0.00000119. The molecule has 0 saturated heterocycles. The number of benzene rings is 3. The maximum Gasteiger partial charge on any atom is 0.526 e. The number of aryl methyl sites for hydroxylation is 11. The molecule has 0 amide bonds. The molecule has 0 N–H and O–H groups in total. The molecule has 8 heterocycles. The average Bonchev–Trinajstić information content (AvgIpc) is 0.766. The number of carbonyl (C=O) groups is 2. The van der Waals surface area contributed by atoms with Crippen LogP contribution in [0.3, 0.4) is 0 Å². The Morgan fingerprint density at radius 3 is 0.798 bits per heavy atom. The number of fused-ring (bicyclic) bond motifs is 2. The molecule has 0 radical (unpaired) electrons. The number of ketones is 2. The third-order valence-electron chi connectivity index (χ3n) is 13.4. The Bertz CT molecular complexity index is 4340. The van der Waals surface area contributed by atoms with E-state index in [1.54, 1.807) is 84.9 Å². The fourth-order valence-electron chi connectivity index (χ4n) is 8.93. The molecule has 1 aliphatic carbocycles. The minimum Gasteiger partial charge on any atom is -0.289 e. The zero-order valence-corrected chi connectivity index (χ0v) is 70.3. The van der Waals surface area contributed by atoms with E-state index in [0.717, 1.165) is 23.0 Å². The summed E-state index contributed by atoms with van der Waals surface area (Å²) in [4.78, 5) is 68.2. The van der Waals surface area contributed by atoms with E-state index in [4.69, 9.17) is 23.7 Å². The molecule has 12 rings (SSSR count). The van der Waals surface area contributed by atoms with Gasteiger partial charge in [0.25, 0.3) is 11.4 Å². The molecule has 8 aromatic heterocycles. The quantitative estimate of drug-likeness (QED) is 0.118. The molecule has 0 saturated carbocycles. The van der Waals surface area contributed by atoms with Crippen LogP contribution in [0.15, 0.2) is 195 Å². The topological polar surface area (TPSA) is 226 Å². The molecule has 1 aliphatic rings. The van der Waals surface area contributed by atoms with Crippen LogP contribution in [0.5, 0.6) is 0 Å². The first-order valence-corrected chi connectivity index (χ1v) is 37.3. The molecule has 0 aliphatic heterocycles. The van der Waals surface area contributed by atoms with Gasteiger partial charge in [0.2, 0.25) is 11.6 Å². The molecular weight excluding hydrogens is 1350 g/mol. The summed E-state index contributed by atoms with van der Waals surface area (Å²) in [5.41, 5.74) is 7.99. The van der Waals surface area contributed by atoms with Crippen molar-refractivity contribution < 1.29 is 32.4 Å². The first-order chi connectivity index (χ1) is 52.8. The van der Waals surface area contributed by atoms with E-state index in [0.29, 0.717) is 67.6 Å². The van der Waals surface area contributed by atoms with Gasteiger partial charge >= 0.3 is 5.82 Å². The van der Waals surface area contributed by atoms with Crippen LogP contribution >= 0.6 is 0 Å². The summed E-state index contributed by atoms with van der Waals surface area (Å²) in [5, 5.41) is 18.3. The van der Waals surface area contributed by atoms with Crippen LogP contribution < -0.4 is 33.3 Å². The maximum atomic E-state index is 12.1. The van der Waals surface area contributed by atoms with Gasteiger partial charge < -0.3 is 0 Å². The third-order valence-corrected chi connectivity index (χ3v) is 13.4. The first kappa shape index (κ1) is 101. The fourth-order valence-corrected chi connectivity index (χ4v) is 8.93. The van der Waals surface area contributed by atoms with Gasteiger partial charge in [-0.05, 0) is 64.8 Å². The van der Waals surface area contributed by atoms with Gasteiger partial charge in [-0.2, -0.15) is 29.3 Å². The monoisotopic (exact) mass is 1470 g/mol. The van der Waals surface area contributed by atoms with Gasteiger partial charge in [0.05, 0.1) is 5.22 Å². The van der Waals surface area contributed by atoms with Gasteiger partial charge in [0.15, 0.2) is 67.0 Å². The Hall–Kier alpha value is -12.5. The van der Waals surface area contributed by atoms with Gasteiger partial charge in [0.1, 0.15) is 101 Å². The second kappa shape index (κ2) is 59.7. The largest absolute Gasteiger partial charge is 0.526 e. The van der Waals surface area contributed by atoms with Gasteiger partial charge in [-0.15, -0.1) is 0 Å². The van der Waals surface area contributed by atoms with E-state index in [1.807, 2.05) is 238 Å². The standard InChI is InChI=1S/C14H8O2.C12H4N4.2C12H14N2.C11H13N4.C10H12N6.9C2H6/c15-13-9-5-1-2-6-10(9)14(16)12-8-4-3-7-11(12)13;1-15-12(16-2)10-5-3-9(4-6-10)11(7-13)8-14;1-13-7-3-11(4-8-13)12-5-9-14(2)10-6-12;1-13-9-5-3-7-11(13)12-8-4-6-10-14(12)2;1-8-12-9(2)14-11(13-8)10-4-6-15(3)7-5-10;1-5-11-6(2)14-9(13-5)10-15-7(3)12-8(4)16-10;9*1-2/h1-8H;3-6H;2*3-10H,1-2H3;4-7H,1-3H3;1-4H3;9*1-2H3/q;;2*+2;+1;;;;;;;;;;. The van der Waals surface area contributed by atoms with Crippen LogP contribution in [0.4, 0.5) is 0 Å². The Morgan fingerprint density at radius 2 is 0.550 bits per heavy atom. The molecule has 0 bridgehead atoms. The van der Waals surface area contributed by atoms with Crippen LogP contribution in [-0.4, -0.2) is 56.4 Å². The first-order valence-electron chi connectivity index (χ1n) is 37.3. The van der Waals surface area contributed by atoms with Crippen LogP contribution in [-0.2, 0) is 35.2 Å². The summed E-state index contributed by atoms with van der Waals surface area (Å²) in [6, 6.07) is 48.5. The van der Waals surface area contributed by atoms with Crippen molar-refractivity contribution in [2.75, 3.05) is 0 Å². The Kier molecular flexibility index (Phi) is 55.1. The summed E-state index contributed by atoms with van der Waals surface area (Å²) in [6.07, 6.45) is 16.3. The van der Waals surface area contributed by atoms with E-state index in [1.165, 1.54) is 22.5 Å². The number of nitrogens with zero attached hydrogens (tertiary/aromatic N) is 18. The molecule has 11 aromatic rings. The summed E-state index contributed by atoms with van der Waals surface area (Å²) >= 11 is 0. The van der Waals surface area contributed by atoms with Crippen molar-refractivity contribution >= 4 is 23.0 Å². The van der Waals surface area contributed by atoms with Crippen molar-refractivity contribution in [1.29, 1.82) is 10.5 Å². The van der Waals surface area contributed by atoms with Gasteiger partial charge in [-0.1, -0.05) is 197 Å². The van der Waals surface area contributed by atoms with Gasteiger partial charge in [-0.25, -0.2) is 58.6 Å². The van der Waals surface area contributed by atoms with Crippen molar-refractivity contribution in [2.24, 2.45) is 35.2 Å². The van der Waals surface area contributed by atoms with Gasteiger partial charge in [0, 0.05) is 93.7 Å². The van der Waals surface area contributed by atoms with Crippen molar-refractivity contribution in [3.63, 3.8) is 0 Å². The van der Waals surface area contributed by atoms with Crippen molar-refractivity contribution in [3.8, 4) is 57.7 Å². The Labute approximate surface area is 652 Å². The molecule has 109 heavy (non-hydrogen) atoms. The highest BCUT2D eigenvalue weighted by atomic mass is 16.1. The van der Waals surface area contributed by atoms with E-state index >= 15 is 0 Å². The van der Waals surface area contributed by atoms with Crippen LogP contribution in [0.25, 0.3) is 66.6 Å². The highest BCUT2D eigenvalue weighted by molar-refractivity contribution is 6.28. The van der Waals surface area contributed by atoms with Crippen LogP contribution in [0.1, 0.15) is 191 Å². The molecule has 0 atom stereocenters. The third kappa shape index (κ3) is 34.5. The SMILES string of the molecule is CC.CC.CC.CC.CC.CC.CC.CC.CC.C[n+]1ccc(-c2cc[n+](C)cc2)cc1.C[n+]1ccccc1-c1cccc[n+]1C.Cc1nc(C)nc(-c2cc[n+](C)cc2)n1.Cc1nc(C)nc(-c2nc(C)nc(C)n2)n1.O=C1c2ccccc2C(=O)c2ccccc21.[C-]#[N+]C([N+]#[C-])=c1ccc(=C(C#N)C#N)cc1. The molecular formula is C89H119N18O2+5. The number of pyridine rings is 5. The predicted molar refractivity (Wildman–Crippen MR) is 441 cm³/mol. The highest BCUT2D eigenvalue weighted by Gasteiger charge is 2.28. The van der Waals surface area contributed by atoms with Crippen molar-refractivity contribution in [2.45, 2.75) is 166 Å². The van der Waals surface area contributed by atoms with E-state index in [2.05, 4.69) is 163 Å². The zero-order chi connectivity index (χ0) is 83.6. The predicted octanol–water partition coefficient (Wildman–Crippen LogP) is 16.4. The molecule has 0 spiro atoms. The van der Waals surface area contributed by atoms with E-state index in [9.17, 15) is 9.59 Å². The molecule has 0 fully saturated rings. The zero-order valence-electron chi connectivity index (χ0n) is 70.3. The minimum absolute atomic E-state index is 0.0127. The molecule has 572 valence electrons. The molecule has 20 nitrogen and oxygen atoms in total. The van der Waals surface area contributed by atoms with Gasteiger partial charge in [-0.3, -0.25) is 9.59 Å². The Morgan fingerprint density at radius 1 is 0.312 bits per heavy atom. The molecule has 3 aromatic carbocycles. The number of hydrogen-bond donors (Lipinski definition) is 0. The lowest BCUT2D eigenvalue weighted by Crippen LogP contribution is -2.37. The van der Waals surface area contributed by atoms with Crippen molar-refractivity contribution in [1.82, 2.24) is 44.9 Å². The number of hydrogen-bond acceptors (Lipinski definition) is 13. The maximum absolute atomic E-state index is 12.1. The summed E-state index contributed by atoms with van der Waals surface area (Å²) in [5.74, 6) is 5.75. The summed E-state index contributed by atoms with van der Waals surface area (Å²) < 4.78 is 10.3. The normalized spacial score (nSPS) is 9.15. The molecule has 20 heteroatoms. The van der Waals surface area contributed by atoms with Crippen molar-refractivity contribution in [3.05, 3.63) is 286 Å². The lowest BCUT2D eigenvalue weighted by Gasteiger charge is -2.16. The lowest BCUT2D eigenvalue weighted by molar-refractivity contribution is -0.690. The number of nitriles is 2. The number of aromatic nitrogens is 14. The summed E-state index contributed by atoms with van der Waals surface area (Å²) in [6.45, 7) is 60.6. The van der Waals surface area contributed by atoms with E-state index in [-0.39, 0.29) is 23.0 Å². The second-order valence-electron chi connectivity index (χ2n) is 20.4. The smallest absolute Gasteiger partial charge is 0.289 e. The highest BCUT2D eigenvalue weighted by Crippen LogP contribution is 2.27. The fraction of sp³-hybridized carbons (Fsp3) is 0.326. The average molecular weight is 1470 g/mol. The minimum atomic E-state index is -0.0641. The lowest BCUT2D eigenvalue weighted by atomic mass is 9.84. The second-order valence-corrected chi connectivity index (χ2v) is 20.4.